The van der Waals surface area contributed by atoms with Gasteiger partial charge < -0.3 is 10.0 Å². The summed E-state index contributed by atoms with van der Waals surface area (Å²) in [5.74, 6) is -0.0908. The van der Waals surface area contributed by atoms with Gasteiger partial charge in [0.15, 0.2) is 5.82 Å². The summed E-state index contributed by atoms with van der Waals surface area (Å²) < 4.78 is 28.1. The minimum atomic E-state index is -3.85. The lowest BCUT2D eigenvalue weighted by molar-refractivity contribution is 0.0696. The number of carbonyl (C=O) groups is 1. The van der Waals surface area contributed by atoms with Gasteiger partial charge in [-0.1, -0.05) is 24.6 Å². The molecule has 1 aromatic heterocycles. The van der Waals surface area contributed by atoms with Crippen molar-refractivity contribution < 1.29 is 18.3 Å². The van der Waals surface area contributed by atoms with E-state index >= 15 is 0 Å². The van der Waals surface area contributed by atoms with E-state index in [0.29, 0.717) is 11.7 Å². The molecule has 0 atom stereocenters. The molecule has 1 saturated heterocycles. The van der Waals surface area contributed by atoms with Crippen LogP contribution in [0, 0.1) is 12.8 Å². The zero-order valence-corrected chi connectivity index (χ0v) is 16.2. The molecule has 0 bridgehead atoms. The third kappa shape index (κ3) is 4.39. The molecule has 7 nitrogen and oxygen atoms in total. The Balaban J connectivity index is 1.97. The summed E-state index contributed by atoms with van der Waals surface area (Å²) in [6.07, 6.45) is 3.22. The zero-order chi connectivity index (χ0) is 19.6. The number of benzene rings is 1. The van der Waals surface area contributed by atoms with Crippen LogP contribution in [0.4, 0.5) is 11.5 Å². The quantitative estimate of drug-likeness (QED) is 0.815. The van der Waals surface area contributed by atoms with Gasteiger partial charge in [0.05, 0.1) is 16.1 Å². The number of nitrogens with zero attached hydrogens (tertiary/aromatic N) is 2. The number of pyridine rings is 1. The van der Waals surface area contributed by atoms with E-state index in [4.69, 9.17) is 0 Å². The van der Waals surface area contributed by atoms with E-state index in [0.717, 1.165) is 31.5 Å². The van der Waals surface area contributed by atoms with Crippen LogP contribution in [0.25, 0.3) is 0 Å². The molecule has 0 radical (unpaired) electrons. The molecule has 2 N–H and O–H groups in total. The van der Waals surface area contributed by atoms with Crippen LogP contribution in [0.5, 0.6) is 0 Å². The number of hydrogen-bond acceptors (Lipinski definition) is 5. The molecule has 3 rings (SSSR count). The van der Waals surface area contributed by atoms with Crippen LogP contribution in [0.1, 0.15) is 35.7 Å². The molecule has 1 aromatic carbocycles. The van der Waals surface area contributed by atoms with E-state index in [2.05, 4.69) is 16.6 Å². The third-order valence-electron chi connectivity index (χ3n) is 4.77. The van der Waals surface area contributed by atoms with Crippen molar-refractivity contribution in [3.8, 4) is 0 Å². The van der Waals surface area contributed by atoms with Crippen molar-refractivity contribution in [3.63, 3.8) is 0 Å². The summed E-state index contributed by atoms with van der Waals surface area (Å²) in [7, 11) is -3.85. The van der Waals surface area contributed by atoms with Gasteiger partial charge in [0.2, 0.25) is 0 Å². The molecule has 0 aliphatic carbocycles. The van der Waals surface area contributed by atoms with E-state index in [1.54, 1.807) is 12.1 Å². The van der Waals surface area contributed by atoms with Gasteiger partial charge in [-0.25, -0.2) is 18.2 Å². The van der Waals surface area contributed by atoms with Gasteiger partial charge in [0, 0.05) is 19.3 Å². The summed E-state index contributed by atoms with van der Waals surface area (Å²) in [6, 6.07) is 7.80. The predicted octanol–water partition coefficient (Wildman–Crippen LogP) is 3.13. The highest BCUT2D eigenvalue weighted by molar-refractivity contribution is 7.92. The standard InChI is InChI=1S/C19H23N3O4S/c1-13-3-5-16(6-4-13)27(25,26)21-17-11-15(19(23)24)12-20-18(17)22-9-7-14(2)8-10-22/h3-6,11-12,14,21H,7-10H2,1-2H3,(H,23,24). The Hall–Kier alpha value is -2.61. The van der Waals surface area contributed by atoms with Gasteiger partial charge in [0.1, 0.15) is 0 Å². The number of carboxylic acid groups (broad SMARTS) is 1. The molecule has 0 amide bonds. The van der Waals surface area contributed by atoms with Crippen molar-refractivity contribution in [2.24, 2.45) is 5.92 Å². The second-order valence-electron chi connectivity index (χ2n) is 6.99. The lowest BCUT2D eigenvalue weighted by Crippen LogP contribution is -2.34. The number of aromatic nitrogens is 1. The van der Waals surface area contributed by atoms with E-state index < -0.39 is 16.0 Å². The topological polar surface area (TPSA) is 99.6 Å². The van der Waals surface area contributed by atoms with Crippen LogP contribution in [0.2, 0.25) is 0 Å². The van der Waals surface area contributed by atoms with Gasteiger partial charge in [-0.05, 0) is 43.9 Å². The van der Waals surface area contributed by atoms with Gasteiger partial charge in [-0.15, -0.1) is 0 Å². The second kappa shape index (κ2) is 7.56. The fraction of sp³-hybridized carbons (Fsp3) is 0.368. The first kappa shape index (κ1) is 19.2. The van der Waals surface area contributed by atoms with Crippen molar-refractivity contribution in [2.75, 3.05) is 22.7 Å². The average molecular weight is 389 g/mol. The monoisotopic (exact) mass is 389 g/mol. The summed E-state index contributed by atoms with van der Waals surface area (Å²) in [5.41, 5.74) is 1.07. The van der Waals surface area contributed by atoms with E-state index in [1.165, 1.54) is 24.4 Å². The van der Waals surface area contributed by atoms with Crippen molar-refractivity contribution in [1.29, 1.82) is 0 Å². The average Bonchev–Trinajstić information content (AvgIpc) is 2.62. The molecule has 8 heteroatoms. The summed E-state index contributed by atoms with van der Waals surface area (Å²) >= 11 is 0. The SMILES string of the molecule is Cc1ccc(S(=O)(=O)Nc2cc(C(=O)O)cnc2N2CCC(C)CC2)cc1. The van der Waals surface area contributed by atoms with Crippen molar-refractivity contribution in [3.05, 3.63) is 47.7 Å². The number of carboxylic acids is 1. The molecular weight excluding hydrogens is 366 g/mol. The van der Waals surface area contributed by atoms with E-state index in [1.807, 2.05) is 11.8 Å². The van der Waals surface area contributed by atoms with E-state index in [-0.39, 0.29) is 16.1 Å². The van der Waals surface area contributed by atoms with Crippen LogP contribution < -0.4 is 9.62 Å². The minimum absolute atomic E-state index is 0.0641. The highest BCUT2D eigenvalue weighted by atomic mass is 32.2. The van der Waals surface area contributed by atoms with Crippen LogP contribution in [-0.2, 0) is 10.0 Å². The van der Waals surface area contributed by atoms with Crippen LogP contribution in [0.3, 0.4) is 0 Å². The van der Waals surface area contributed by atoms with Gasteiger partial charge in [-0.3, -0.25) is 4.72 Å². The number of nitrogens with one attached hydrogen (secondary N) is 1. The maximum Gasteiger partial charge on any atom is 0.337 e. The van der Waals surface area contributed by atoms with Gasteiger partial charge in [-0.2, -0.15) is 0 Å². The Morgan fingerprint density at radius 1 is 1.22 bits per heavy atom. The number of aromatic carboxylic acids is 1. The van der Waals surface area contributed by atoms with Gasteiger partial charge in [0.25, 0.3) is 10.0 Å². The first-order valence-corrected chi connectivity index (χ1v) is 10.3. The van der Waals surface area contributed by atoms with Crippen molar-refractivity contribution in [2.45, 2.75) is 31.6 Å². The van der Waals surface area contributed by atoms with Crippen LogP contribution in [0.15, 0.2) is 41.4 Å². The molecule has 0 spiro atoms. The van der Waals surface area contributed by atoms with Gasteiger partial charge >= 0.3 is 5.97 Å². The molecule has 2 aromatic rings. The number of piperidine rings is 1. The molecule has 0 unspecified atom stereocenters. The molecule has 0 saturated carbocycles. The Labute approximate surface area is 159 Å². The smallest absolute Gasteiger partial charge is 0.337 e. The Morgan fingerprint density at radius 3 is 2.44 bits per heavy atom. The molecule has 1 fully saturated rings. The Morgan fingerprint density at radius 2 is 1.85 bits per heavy atom. The van der Waals surface area contributed by atoms with E-state index in [9.17, 15) is 18.3 Å². The first-order valence-electron chi connectivity index (χ1n) is 8.84. The molecular formula is C19H23N3O4S. The number of rotatable bonds is 5. The first-order chi connectivity index (χ1) is 12.8. The minimum Gasteiger partial charge on any atom is -0.478 e. The molecule has 2 heterocycles. The van der Waals surface area contributed by atoms with Crippen molar-refractivity contribution >= 4 is 27.5 Å². The Bertz CT molecular complexity index is 934. The highest BCUT2D eigenvalue weighted by Gasteiger charge is 2.24. The lowest BCUT2D eigenvalue weighted by atomic mass is 9.99. The number of sulfonamides is 1. The van der Waals surface area contributed by atoms with Crippen molar-refractivity contribution in [1.82, 2.24) is 4.98 Å². The molecule has 144 valence electrons. The third-order valence-corrected chi connectivity index (χ3v) is 6.15. The molecule has 1 aliphatic heterocycles. The number of aryl methyl sites for hydroxylation is 1. The number of anilines is 2. The molecule has 1 aliphatic rings. The zero-order valence-electron chi connectivity index (χ0n) is 15.3. The summed E-state index contributed by atoms with van der Waals surface area (Å²) in [4.78, 5) is 17.7. The predicted molar refractivity (Wildman–Crippen MR) is 104 cm³/mol. The normalized spacial score (nSPS) is 15.6. The second-order valence-corrected chi connectivity index (χ2v) is 8.67. The fourth-order valence-electron chi connectivity index (χ4n) is 3.04. The summed E-state index contributed by atoms with van der Waals surface area (Å²) in [5, 5.41) is 9.26. The lowest BCUT2D eigenvalue weighted by Gasteiger charge is -2.32. The highest BCUT2D eigenvalue weighted by Crippen LogP contribution is 2.30. The maximum absolute atomic E-state index is 12.8. The summed E-state index contributed by atoms with van der Waals surface area (Å²) in [6.45, 7) is 5.55. The largest absolute Gasteiger partial charge is 0.478 e. The van der Waals surface area contributed by atoms with Crippen LogP contribution in [-0.4, -0.2) is 37.6 Å². The van der Waals surface area contributed by atoms with Crippen LogP contribution >= 0.6 is 0 Å². The fourth-order valence-corrected chi connectivity index (χ4v) is 4.10. The Kier molecular flexibility index (Phi) is 5.36. The maximum atomic E-state index is 12.8. The number of hydrogen-bond donors (Lipinski definition) is 2. The molecule has 27 heavy (non-hydrogen) atoms.